The third-order valence-electron chi connectivity index (χ3n) is 2.21. The molecule has 0 saturated carbocycles. The van der Waals surface area contributed by atoms with Crippen LogP contribution in [0.3, 0.4) is 0 Å². The van der Waals surface area contributed by atoms with E-state index in [2.05, 4.69) is 0 Å². The number of halogens is 3. The topological polar surface area (TPSA) is 61.3 Å². The number of alkyl halides is 3. The molecule has 3 nitrogen and oxygen atoms in total. The SMILES string of the molecule is COc1ccc(C(F)(F)F)cc1C(N)CN. The lowest BCUT2D eigenvalue weighted by molar-refractivity contribution is -0.137. The molecule has 1 rings (SSSR count). The highest BCUT2D eigenvalue weighted by Crippen LogP contribution is 2.34. The standard InChI is InChI=1S/C10H13F3N2O/c1-16-9-3-2-6(10(11,12)13)4-7(9)8(15)5-14/h2-4,8H,5,14-15H2,1H3. The van der Waals surface area contributed by atoms with Gasteiger partial charge in [-0.15, -0.1) is 0 Å². The second kappa shape index (κ2) is 4.71. The minimum Gasteiger partial charge on any atom is -0.496 e. The fourth-order valence-electron chi connectivity index (χ4n) is 1.33. The Morgan fingerprint density at radius 1 is 1.38 bits per heavy atom. The molecule has 90 valence electrons. The third kappa shape index (κ3) is 2.65. The average Bonchev–Trinajstić information content (AvgIpc) is 2.25. The molecule has 0 radical (unpaired) electrons. The molecule has 0 aliphatic rings. The van der Waals surface area contributed by atoms with Crippen LogP contribution in [0.5, 0.6) is 5.75 Å². The third-order valence-corrected chi connectivity index (χ3v) is 2.21. The Morgan fingerprint density at radius 3 is 2.44 bits per heavy atom. The molecule has 0 saturated heterocycles. The summed E-state index contributed by atoms with van der Waals surface area (Å²) < 4.78 is 42.3. The summed E-state index contributed by atoms with van der Waals surface area (Å²) >= 11 is 0. The van der Waals surface area contributed by atoms with E-state index < -0.39 is 17.8 Å². The Labute approximate surface area is 91.2 Å². The van der Waals surface area contributed by atoms with E-state index in [-0.39, 0.29) is 12.1 Å². The summed E-state index contributed by atoms with van der Waals surface area (Å²) in [6, 6.07) is 2.49. The van der Waals surface area contributed by atoms with Gasteiger partial charge in [-0.25, -0.2) is 0 Å². The molecule has 0 aromatic heterocycles. The van der Waals surface area contributed by atoms with Gasteiger partial charge in [0.15, 0.2) is 0 Å². The van der Waals surface area contributed by atoms with Crippen molar-refractivity contribution in [3.63, 3.8) is 0 Å². The lowest BCUT2D eigenvalue weighted by Gasteiger charge is -2.16. The molecule has 4 N–H and O–H groups in total. The first-order valence-electron chi connectivity index (χ1n) is 4.61. The van der Waals surface area contributed by atoms with Crippen LogP contribution >= 0.6 is 0 Å². The molecular formula is C10H13F3N2O. The Hall–Kier alpha value is -1.27. The highest BCUT2D eigenvalue weighted by molar-refractivity contribution is 5.40. The van der Waals surface area contributed by atoms with Gasteiger partial charge in [0, 0.05) is 18.2 Å². The highest BCUT2D eigenvalue weighted by atomic mass is 19.4. The maximum atomic E-state index is 12.5. The number of hydrogen-bond acceptors (Lipinski definition) is 3. The van der Waals surface area contributed by atoms with Crippen molar-refractivity contribution in [1.29, 1.82) is 0 Å². The molecule has 1 aromatic rings. The van der Waals surface area contributed by atoms with E-state index >= 15 is 0 Å². The quantitative estimate of drug-likeness (QED) is 0.836. The van der Waals surface area contributed by atoms with Crippen molar-refractivity contribution in [1.82, 2.24) is 0 Å². The van der Waals surface area contributed by atoms with Gasteiger partial charge in [0.05, 0.1) is 12.7 Å². The fourth-order valence-corrected chi connectivity index (χ4v) is 1.33. The largest absolute Gasteiger partial charge is 0.496 e. The first kappa shape index (κ1) is 12.8. The summed E-state index contributed by atoms with van der Waals surface area (Å²) in [5, 5.41) is 0. The van der Waals surface area contributed by atoms with Gasteiger partial charge in [-0.1, -0.05) is 0 Å². The van der Waals surface area contributed by atoms with Gasteiger partial charge < -0.3 is 16.2 Å². The normalized spacial score (nSPS) is 13.6. The van der Waals surface area contributed by atoms with E-state index in [4.69, 9.17) is 16.2 Å². The molecular weight excluding hydrogens is 221 g/mol. The molecule has 0 spiro atoms. The van der Waals surface area contributed by atoms with E-state index in [1.807, 2.05) is 0 Å². The monoisotopic (exact) mass is 234 g/mol. The van der Waals surface area contributed by atoms with Gasteiger partial charge >= 0.3 is 6.18 Å². The van der Waals surface area contributed by atoms with E-state index in [1.165, 1.54) is 13.2 Å². The summed E-state index contributed by atoms with van der Waals surface area (Å²) in [5.41, 5.74) is 10.4. The van der Waals surface area contributed by atoms with Crippen LogP contribution in [0.15, 0.2) is 18.2 Å². The Morgan fingerprint density at radius 2 is 2.00 bits per heavy atom. The van der Waals surface area contributed by atoms with Crippen LogP contribution in [0.25, 0.3) is 0 Å². The van der Waals surface area contributed by atoms with Crippen molar-refractivity contribution in [2.45, 2.75) is 12.2 Å². The number of nitrogens with two attached hydrogens (primary N) is 2. The van der Waals surface area contributed by atoms with Crippen molar-refractivity contribution in [3.05, 3.63) is 29.3 Å². The van der Waals surface area contributed by atoms with Gasteiger partial charge in [0.25, 0.3) is 0 Å². The van der Waals surface area contributed by atoms with Gasteiger partial charge in [0.2, 0.25) is 0 Å². The second-order valence-corrected chi connectivity index (χ2v) is 3.30. The number of methoxy groups -OCH3 is 1. The smallest absolute Gasteiger partial charge is 0.416 e. The Balaban J connectivity index is 3.21. The summed E-state index contributed by atoms with van der Waals surface area (Å²) in [6.45, 7) is 0.0532. The minimum atomic E-state index is -4.39. The van der Waals surface area contributed by atoms with Gasteiger partial charge in [-0.3, -0.25) is 0 Å². The zero-order chi connectivity index (χ0) is 12.3. The van der Waals surface area contributed by atoms with Crippen molar-refractivity contribution >= 4 is 0 Å². The zero-order valence-electron chi connectivity index (χ0n) is 8.71. The predicted molar refractivity (Wildman–Crippen MR) is 54.0 cm³/mol. The molecule has 0 aliphatic carbocycles. The van der Waals surface area contributed by atoms with E-state index in [0.717, 1.165) is 12.1 Å². The predicted octanol–water partition coefficient (Wildman–Crippen LogP) is 1.67. The lowest BCUT2D eigenvalue weighted by atomic mass is 10.0. The fraction of sp³-hybridized carbons (Fsp3) is 0.400. The summed E-state index contributed by atoms with van der Waals surface area (Å²) in [4.78, 5) is 0. The maximum Gasteiger partial charge on any atom is 0.416 e. The lowest BCUT2D eigenvalue weighted by Crippen LogP contribution is -2.22. The van der Waals surface area contributed by atoms with E-state index in [9.17, 15) is 13.2 Å². The summed E-state index contributed by atoms with van der Waals surface area (Å²) in [7, 11) is 1.37. The maximum absolute atomic E-state index is 12.5. The highest BCUT2D eigenvalue weighted by Gasteiger charge is 2.31. The number of hydrogen-bond donors (Lipinski definition) is 2. The molecule has 0 bridgehead atoms. The molecule has 1 unspecified atom stereocenters. The van der Waals surface area contributed by atoms with Crippen LogP contribution in [0.4, 0.5) is 13.2 Å². The first-order valence-corrected chi connectivity index (χ1v) is 4.61. The van der Waals surface area contributed by atoms with Crippen LogP contribution in [0, 0.1) is 0 Å². The van der Waals surface area contributed by atoms with Crippen molar-refractivity contribution < 1.29 is 17.9 Å². The van der Waals surface area contributed by atoms with Crippen LogP contribution in [0.1, 0.15) is 17.2 Å². The summed E-state index contributed by atoms with van der Waals surface area (Å²) in [5.74, 6) is 0.311. The van der Waals surface area contributed by atoms with Crippen LogP contribution in [-0.4, -0.2) is 13.7 Å². The molecule has 0 amide bonds. The number of rotatable bonds is 3. The Kier molecular flexibility index (Phi) is 3.77. The molecule has 1 aromatic carbocycles. The van der Waals surface area contributed by atoms with Crippen LogP contribution in [-0.2, 0) is 6.18 Å². The number of benzene rings is 1. The van der Waals surface area contributed by atoms with Gasteiger partial charge in [-0.2, -0.15) is 13.2 Å². The average molecular weight is 234 g/mol. The number of ether oxygens (including phenoxy) is 1. The van der Waals surface area contributed by atoms with Crippen LogP contribution in [0.2, 0.25) is 0 Å². The zero-order valence-corrected chi connectivity index (χ0v) is 8.71. The molecule has 0 aliphatic heterocycles. The van der Waals surface area contributed by atoms with Crippen LogP contribution < -0.4 is 16.2 Å². The minimum absolute atomic E-state index is 0.0532. The first-order chi connectivity index (χ1) is 7.40. The van der Waals surface area contributed by atoms with Crippen molar-refractivity contribution in [2.75, 3.05) is 13.7 Å². The van der Waals surface area contributed by atoms with Crippen molar-refractivity contribution in [3.8, 4) is 5.75 Å². The Bertz CT molecular complexity index is 366. The van der Waals surface area contributed by atoms with E-state index in [1.54, 1.807) is 0 Å². The van der Waals surface area contributed by atoms with Crippen molar-refractivity contribution in [2.24, 2.45) is 11.5 Å². The van der Waals surface area contributed by atoms with E-state index in [0.29, 0.717) is 5.75 Å². The van der Waals surface area contributed by atoms with Gasteiger partial charge in [0.1, 0.15) is 5.75 Å². The second-order valence-electron chi connectivity index (χ2n) is 3.30. The molecule has 0 heterocycles. The van der Waals surface area contributed by atoms with Gasteiger partial charge in [-0.05, 0) is 18.2 Å². The molecule has 0 fully saturated rings. The summed E-state index contributed by atoms with van der Waals surface area (Å²) in [6.07, 6.45) is -4.39. The molecule has 1 atom stereocenters. The molecule has 6 heteroatoms. The molecule has 16 heavy (non-hydrogen) atoms.